The lowest BCUT2D eigenvalue weighted by molar-refractivity contribution is 0.0152. The summed E-state index contributed by atoms with van der Waals surface area (Å²) in [5.41, 5.74) is 1.07. The summed E-state index contributed by atoms with van der Waals surface area (Å²) >= 11 is 1.64. The van der Waals surface area contributed by atoms with E-state index in [-0.39, 0.29) is 17.2 Å². The second-order valence-electron chi connectivity index (χ2n) is 4.56. The summed E-state index contributed by atoms with van der Waals surface area (Å²) in [6.07, 6.45) is -0.320. The number of ether oxygens (including phenoxy) is 1. The van der Waals surface area contributed by atoms with Gasteiger partial charge in [0.25, 0.3) is 0 Å². The summed E-state index contributed by atoms with van der Waals surface area (Å²) in [4.78, 5) is 0. The molecular weight excluding hydrogens is 251 g/mol. The molecule has 2 nitrogen and oxygen atoms in total. The molecule has 0 aliphatic rings. The normalized spacial score (nSPS) is 14.8. The van der Waals surface area contributed by atoms with Gasteiger partial charge in [-0.05, 0) is 38.5 Å². The maximum Gasteiger partial charge on any atom is 0.123 e. The van der Waals surface area contributed by atoms with Gasteiger partial charge in [0, 0.05) is 11.0 Å². The zero-order chi connectivity index (χ0) is 13.5. The van der Waals surface area contributed by atoms with Crippen LogP contribution in [0.25, 0.3) is 0 Å². The highest BCUT2D eigenvalue weighted by Gasteiger charge is 2.11. The van der Waals surface area contributed by atoms with Crippen LogP contribution in [-0.4, -0.2) is 29.7 Å². The van der Waals surface area contributed by atoms with Gasteiger partial charge in [0.15, 0.2) is 0 Å². The van der Waals surface area contributed by atoms with Crippen LogP contribution in [0.5, 0.6) is 0 Å². The molecule has 0 spiro atoms. The van der Waals surface area contributed by atoms with Crippen LogP contribution in [0.1, 0.15) is 31.6 Å². The van der Waals surface area contributed by atoms with Crippen LogP contribution in [-0.2, 0) is 4.74 Å². The van der Waals surface area contributed by atoms with E-state index in [1.54, 1.807) is 23.9 Å². The lowest BCUT2D eigenvalue weighted by atomic mass is 10.2. The highest BCUT2D eigenvalue weighted by molar-refractivity contribution is 7.99. The monoisotopic (exact) mass is 272 g/mol. The highest BCUT2D eigenvalue weighted by atomic mass is 32.2. The van der Waals surface area contributed by atoms with Gasteiger partial charge in [0.1, 0.15) is 5.82 Å². The molecule has 2 atom stereocenters. The Bertz CT molecular complexity index is 340. The van der Waals surface area contributed by atoms with Gasteiger partial charge in [-0.25, -0.2) is 4.39 Å². The van der Waals surface area contributed by atoms with Gasteiger partial charge in [-0.3, -0.25) is 0 Å². The van der Waals surface area contributed by atoms with Crippen molar-refractivity contribution in [2.45, 2.75) is 38.2 Å². The third-order valence-corrected chi connectivity index (χ3v) is 3.85. The predicted octanol–water partition coefficient (Wildman–Crippen LogP) is 3.41. The molecule has 0 fully saturated rings. The Balaban J connectivity index is 2.32. The first kappa shape index (κ1) is 15.5. The molecule has 1 aromatic carbocycles. The first-order valence-electron chi connectivity index (χ1n) is 6.15. The summed E-state index contributed by atoms with van der Waals surface area (Å²) < 4.78 is 18.1. The molecule has 0 radical (unpaired) electrons. The van der Waals surface area contributed by atoms with E-state index in [2.05, 4.69) is 0 Å². The summed E-state index contributed by atoms with van der Waals surface area (Å²) in [6.45, 7) is 6.30. The average Bonchev–Trinajstić information content (AvgIpc) is 2.34. The fourth-order valence-electron chi connectivity index (χ4n) is 1.44. The van der Waals surface area contributed by atoms with Gasteiger partial charge in [-0.15, -0.1) is 0 Å². The molecule has 0 amide bonds. The van der Waals surface area contributed by atoms with Crippen LogP contribution in [0.15, 0.2) is 24.3 Å². The third kappa shape index (κ3) is 5.85. The molecule has 0 aliphatic heterocycles. The summed E-state index contributed by atoms with van der Waals surface area (Å²) in [5.74, 6) is 0.395. The molecular formula is C14H21FO2S. The molecule has 0 aliphatic carbocycles. The fourth-order valence-corrected chi connectivity index (χ4v) is 2.39. The maximum atomic E-state index is 12.8. The smallest absolute Gasteiger partial charge is 0.123 e. The van der Waals surface area contributed by atoms with Gasteiger partial charge in [-0.2, -0.15) is 11.8 Å². The number of benzene rings is 1. The lowest BCUT2D eigenvalue weighted by Crippen LogP contribution is -2.21. The minimum Gasteiger partial charge on any atom is -0.390 e. The second kappa shape index (κ2) is 7.77. The van der Waals surface area contributed by atoms with Crippen LogP contribution in [0.4, 0.5) is 4.39 Å². The number of aliphatic hydroxyl groups excluding tert-OH is 1. The Morgan fingerprint density at radius 1 is 1.22 bits per heavy atom. The molecule has 0 bridgehead atoms. The predicted molar refractivity (Wildman–Crippen MR) is 74.4 cm³/mol. The second-order valence-corrected chi connectivity index (χ2v) is 5.94. The van der Waals surface area contributed by atoms with Crippen molar-refractivity contribution >= 4 is 11.8 Å². The van der Waals surface area contributed by atoms with Crippen molar-refractivity contribution in [1.82, 2.24) is 0 Å². The molecule has 0 heterocycles. The Kier molecular flexibility index (Phi) is 6.68. The molecule has 0 aromatic heterocycles. The Hall–Kier alpha value is -0.580. The minimum atomic E-state index is -0.458. The Labute approximate surface area is 113 Å². The van der Waals surface area contributed by atoms with Gasteiger partial charge in [0.05, 0.1) is 18.8 Å². The van der Waals surface area contributed by atoms with Crippen LogP contribution in [0.2, 0.25) is 0 Å². The summed E-state index contributed by atoms with van der Waals surface area (Å²) in [7, 11) is 0. The fraction of sp³-hybridized carbons (Fsp3) is 0.571. The molecule has 18 heavy (non-hydrogen) atoms. The maximum absolute atomic E-state index is 12.8. The van der Waals surface area contributed by atoms with E-state index < -0.39 is 6.10 Å². The van der Waals surface area contributed by atoms with Gasteiger partial charge >= 0.3 is 0 Å². The topological polar surface area (TPSA) is 29.5 Å². The number of halogens is 1. The van der Waals surface area contributed by atoms with Gasteiger partial charge in [-0.1, -0.05) is 12.1 Å². The highest BCUT2D eigenvalue weighted by Crippen LogP contribution is 2.28. The van der Waals surface area contributed by atoms with Crippen LogP contribution in [0.3, 0.4) is 0 Å². The molecule has 1 rings (SSSR count). The van der Waals surface area contributed by atoms with Crippen LogP contribution < -0.4 is 0 Å². The first-order chi connectivity index (χ1) is 8.49. The molecule has 0 saturated heterocycles. The number of aliphatic hydroxyl groups is 1. The molecule has 2 unspecified atom stereocenters. The lowest BCUT2D eigenvalue weighted by Gasteiger charge is -2.16. The zero-order valence-corrected chi connectivity index (χ0v) is 11.9. The summed E-state index contributed by atoms with van der Waals surface area (Å²) in [5, 5.41) is 9.97. The van der Waals surface area contributed by atoms with Crippen molar-refractivity contribution < 1.29 is 14.2 Å². The summed E-state index contributed by atoms with van der Waals surface area (Å²) in [6, 6.07) is 6.49. The van der Waals surface area contributed by atoms with E-state index in [9.17, 15) is 9.50 Å². The minimum absolute atomic E-state index is 0.138. The van der Waals surface area contributed by atoms with E-state index in [0.717, 1.165) is 5.56 Å². The first-order valence-corrected chi connectivity index (χ1v) is 7.20. The van der Waals surface area contributed by atoms with Gasteiger partial charge < -0.3 is 9.84 Å². The number of hydrogen-bond acceptors (Lipinski definition) is 3. The molecule has 0 saturated carbocycles. The standard InChI is InChI=1S/C14H21FO2S/c1-10(2)17-8-14(16)9-18-11(3)12-4-6-13(15)7-5-12/h4-7,10-11,14,16H,8-9H2,1-3H3. The van der Waals surface area contributed by atoms with Crippen molar-refractivity contribution in [3.8, 4) is 0 Å². The van der Waals surface area contributed by atoms with E-state index in [1.165, 1.54) is 12.1 Å². The van der Waals surface area contributed by atoms with E-state index in [0.29, 0.717) is 12.4 Å². The van der Waals surface area contributed by atoms with Crippen LogP contribution >= 0.6 is 11.8 Å². The van der Waals surface area contributed by atoms with Crippen molar-refractivity contribution in [1.29, 1.82) is 0 Å². The van der Waals surface area contributed by atoms with Crippen molar-refractivity contribution in [3.63, 3.8) is 0 Å². The molecule has 1 aromatic rings. The van der Waals surface area contributed by atoms with E-state index in [1.807, 2.05) is 20.8 Å². The Morgan fingerprint density at radius 3 is 2.39 bits per heavy atom. The molecule has 102 valence electrons. The van der Waals surface area contributed by atoms with Crippen molar-refractivity contribution in [3.05, 3.63) is 35.6 Å². The number of rotatable bonds is 7. The third-order valence-electron chi connectivity index (χ3n) is 2.50. The zero-order valence-electron chi connectivity index (χ0n) is 11.1. The van der Waals surface area contributed by atoms with E-state index in [4.69, 9.17) is 4.74 Å². The number of hydrogen-bond donors (Lipinski definition) is 1. The SMILES string of the molecule is CC(C)OCC(O)CSC(C)c1ccc(F)cc1. The van der Waals surface area contributed by atoms with E-state index >= 15 is 0 Å². The Morgan fingerprint density at radius 2 is 1.83 bits per heavy atom. The molecule has 4 heteroatoms. The average molecular weight is 272 g/mol. The molecule has 1 N–H and O–H groups in total. The van der Waals surface area contributed by atoms with Gasteiger partial charge in [0.2, 0.25) is 0 Å². The van der Waals surface area contributed by atoms with Crippen molar-refractivity contribution in [2.24, 2.45) is 0 Å². The van der Waals surface area contributed by atoms with Crippen LogP contribution in [0, 0.1) is 5.82 Å². The van der Waals surface area contributed by atoms with Crippen molar-refractivity contribution in [2.75, 3.05) is 12.4 Å². The quantitative estimate of drug-likeness (QED) is 0.825. The number of thioether (sulfide) groups is 1. The largest absolute Gasteiger partial charge is 0.390 e.